The first kappa shape index (κ1) is 16.6. The van der Waals surface area contributed by atoms with Gasteiger partial charge in [-0.1, -0.05) is 11.6 Å². The lowest BCUT2D eigenvalue weighted by molar-refractivity contribution is -0.137. The van der Waals surface area contributed by atoms with Crippen molar-refractivity contribution in [2.24, 2.45) is 0 Å². The molecule has 2 rings (SSSR count). The lowest BCUT2D eigenvalue weighted by Gasteiger charge is -2.13. The summed E-state index contributed by atoms with van der Waals surface area (Å²) in [4.78, 5) is -0.303. The molecular formula is C13H8ClF4NO2S. The Balaban J connectivity index is 2.39. The normalized spacial score (nSPS) is 12.2. The minimum Gasteiger partial charge on any atom is -0.278 e. The zero-order valence-electron chi connectivity index (χ0n) is 10.7. The Morgan fingerprint density at radius 3 is 2.14 bits per heavy atom. The van der Waals surface area contributed by atoms with Crippen LogP contribution in [-0.4, -0.2) is 8.42 Å². The number of halogens is 5. The van der Waals surface area contributed by atoms with Gasteiger partial charge in [0, 0.05) is 0 Å². The van der Waals surface area contributed by atoms with Gasteiger partial charge in [-0.15, -0.1) is 0 Å². The molecule has 0 saturated heterocycles. The largest absolute Gasteiger partial charge is 0.416 e. The molecule has 0 spiro atoms. The second-order valence-corrected chi connectivity index (χ2v) is 6.34. The molecule has 2 aromatic rings. The molecule has 22 heavy (non-hydrogen) atoms. The average Bonchev–Trinajstić information content (AvgIpc) is 2.40. The highest BCUT2D eigenvalue weighted by Crippen LogP contribution is 2.34. The van der Waals surface area contributed by atoms with E-state index in [1.807, 2.05) is 4.72 Å². The van der Waals surface area contributed by atoms with E-state index in [4.69, 9.17) is 11.6 Å². The van der Waals surface area contributed by atoms with Crippen LogP contribution in [0.15, 0.2) is 47.4 Å². The van der Waals surface area contributed by atoms with Crippen molar-refractivity contribution in [3.63, 3.8) is 0 Å². The van der Waals surface area contributed by atoms with Gasteiger partial charge in [0.15, 0.2) is 0 Å². The van der Waals surface area contributed by atoms with Crippen molar-refractivity contribution in [1.82, 2.24) is 0 Å². The Labute approximate surface area is 128 Å². The zero-order chi connectivity index (χ0) is 16.5. The first-order valence-corrected chi connectivity index (χ1v) is 7.61. The van der Waals surface area contributed by atoms with Crippen LogP contribution >= 0.6 is 11.6 Å². The van der Waals surface area contributed by atoms with E-state index in [9.17, 15) is 26.0 Å². The van der Waals surface area contributed by atoms with Crippen LogP contribution in [0, 0.1) is 5.82 Å². The second-order valence-electron chi connectivity index (χ2n) is 4.25. The van der Waals surface area contributed by atoms with E-state index in [1.165, 1.54) is 0 Å². The third-order valence-corrected chi connectivity index (χ3v) is 4.37. The maximum absolute atomic E-state index is 12.8. The van der Waals surface area contributed by atoms with Gasteiger partial charge in [0.25, 0.3) is 10.0 Å². The molecule has 118 valence electrons. The molecule has 0 heterocycles. The van der Waals surface area contributed by atoms with Crippen molar-refractivity contribution in [2.75, 3.05) is 4.72 Å². The van der Waals surface area contributed by atoms with E-state index in [-0.39, 0.29) is 9.92 Å². The Morgan fingerprint density at radius 2 is 1.59 bits per heavy atom. The Kier molecular flexibility index (Phi) is 4.35. The zero-order valence-corrected chi connectivity index (χ0v) is 12.2. The van der Waals surface area contributed by atoms with Gasteiger partial charge >= 0.3 is 6.18 Å². The van der Waals surface area contributed by atoms with Gasteiger partial charge in [0.1, 0.15) is 5.82 Å². The van der Waals surface area contributed by atoms with E-state index in [1.54, 1.807) is 0 Å². The van der Waals surface area contributed by atoms with Crippen LogP contribution in [0.1, 0.15) is 5.56 Å². The molecule has 2 aromatic carbocycles. The molecule has 1 N–H and O–H groups in total. The average molecular weight is 354 g/mol. The minimum atomic E-state index is -4.64. The summed E-state index contributed by atoms with van der Waals surface area (Å²) in [6, 6.07) is 6.07. The number of hydrogen-bond acceptors (Lipinski definition) is 2. The molecule has 0 atom stereocenters. The van der Waals surface area contributed by atoms with E-state index in [0.29, 0.717) is 6.07 Å². The predicted octanol–water partition coefficient (Wildman–Crippen LogP) is 4.30. The molecule has 0 aliphatic heterocycles. The minimum absolute atomic E-state index is 0.196. The van der Waals surface area contributed by atoms with Gasteiger partial charge in [-0.05, 0) is 42.5 Å². The molecule has 3 nitrogen and oxygen atoms in total. The summed E-state index contributed by atoms with van der Waals surface area (Å²) < 4.78 is 76.8. The van der Waals surface area contributed by atoms with Crippen molar-refractivity contribution < 1.29 is 26.0 Å². The van der Waals surface area contributed by atoms with E-state index >= 15 is 0 Å². The van der Waals surface area contributed by atoms with Gasteiger partial charge in [0.2, 0.25) is 0 Å². The molecule has 0 aromatic heterocycles. The fraction of sp³-hybridized carbons (Fsp3) is 0.0769. The van der Waals surface area contributed by atoms with Crippen LogP contribution in [0.25, 0.3) is 0 Å². The number of anilines is 1. The monoisotopic (exact) mass is 353 g/mol. The first-order chi connectivity index (χ1) is 10.1. The highest BCUT2D eigenvalue weighted by atomic mass is 35.5. The van der Waals surface area contributed by atoms with Gasteiger partial charge in [-0.2, -0.15) is 13.2 Å². The van der Waals surface area contributed by atoms with Gasteiger partial charge in [0.05, 0.1) is 21.2 Å². The quantitative estimate of drug-likeness (QED) is 0.836. The molecule has 0 amide bonds. The highest BCUT2D eigenvalue weighted by molar-refractivity contribution is 7.92. The van der Waals surface area contributed by atoms with Crippen molar-refractivity contribution in [3.05, 3.63) is 58.9 Å². The van der Waals surface area contributed by atoms with Crippen molar-refractivity contribution >= 4 is 27.3 Å². The van der Waals surface area contributed by atoms with Crippen molar-refractivity contribution in [2.45, 2.75) is 11.1 Å². The molecule has 0 aliphatic rings. The summed E-state index contributed by atoms with van der Waals surface area (Å²) in [5.41, 5.74) is -1.46. The number of alkyl halides is 3. The predicted molar refractivity (Wildman–Crippen MR) is 73.7 cm³/mol. The molecule has 0 saturated carbocycles. The van der Waals surface area contributed by atoms with Crippen LogP contribution in [0.4, 0.5) is 23.2 Å². The lowest BCUT2D eigenvalue weighted by atomic mass is 10.2. The number of hydrogen-bond donors (Lipinski definition) is 1. The summed E-state index contributed by atoms with van der Waals surface area (Å²) in [5.74, 6) is -0.643. The van der Waals surface area contributed by atoms with Gasteiger partial charge < -0.3 is 0 Å². The maximum Gasteiger partial charge on any atom is 0.416 e. The number of rotatable bonds is 3. The summed E-state index contributed by atoms with van der Waals surface area (Å²) in [7, 11) is -4.18. The van der Waals surface area contributed by atoms with Crippen LogP contribution in [0.5, 0.6) is 0 Å². The summed E-state index contributed by atoms with van der Waals surface area (Å²) in [6.45, 7) is 0. The van der Waals surface area contributed by atoms with Crippen molar-refractivity contribution in [1.29, 1.82) is 0 Å². The Hall–Kier alpha value is -1.80. The third-order valence-electron chi connectivity index (χ3n) is 2.66. The van der Waals surface area contributed by atoms with E-state index in [0.717, 1.165) is 36.4 Å². The SMILES string of the molecule is O=S(=O)(Nc1cc(C(F)(F)F)ccc1Cl)c1ccc(F)cc1. The summed E-state index contributed by atoms with van der Waals surface area (Å²) >= 11 is 5.71. The molecule has 0 fully saturated rings. The van der Waals surface area contributed by atoms with Gasteiger partial charge in [-0.25, -0.2) is 12.8 Å². The standard InChI is InChI=1S/C13H8ClF4NO2S/c14-11-6-1-8(13(16,17)18)7-12(11)19-22(20,21)10-4-2-9(15)3-5-10/h1-7,19H. The second kappa shape index (κ2) is 5.77. The van der Waals surface area contributed by atoms with Crippen LogP contribution < -0.4 is 4.72 Å². The molecule has 0 unspecified atom stereocenters. The molecule has 0 bridgehead atoms. The van der Waals surface area contributed by atoms with Crippen LogP contribution in [0.3, 0.4) is 0 Å². The number of nitrogens with one attached hydrogen (secondary N) is 1. The number of sulfonamides is 1. The highest BCUT2D eigenvalue weighted by Gasteiger charge is 2.31. The fourth-order valence-electron chi connectivity index (χ4n) is 1.60. The molecular weight excluding hydrogens is 346 g/mol. The van der Waals surface area contributed by atoms with Crippen molar-refractivity contribution in [3.8, 4) is 0 Å². The molecule has 0 radical (unpaired) electrons. The Bertz CT molecular complexity index is 789. The third kappa shape index (κ3) is 3.69. The first-order valence-electron chi connectivity index (χ1n) is 5.75. The number of benzene rings is 2. The topological polar surface area (TPSA) is 46.2 Å². The van der Waals surface area contributed by atoms with Crippen LogP contribution in [-0.2, 0) is 16.2 Å². The van der Waals surface area contributed by atoms with Crippen LogP contribution in [0.2, 0.25) is 5.02 Å². The Morgan fingerprint density at radius 1 is 1.00 bits per heavy atom. The maximum atomic E-state index is 12.8. The summed E-state index contributed by atoms with van der Waals surface area (Å²) in [6.07, 6.45) is -4.64. The smallest absolute Gasteiger partial charge is 0.278 e. The summed E-state index contributed by atoms with van der Waals surface area (Å²) in [5, 5.41) is -0.196. The fourth-order valence-corrected chi connectivity index (χ4v) is 2.89. The molecule has 9 heteroatoms. The lowest BCUT2D eigenvalue weighted by Crippen LogP contribution is -2.14. The van der Waals surface area contributed by atoms with E-state index in [2.05, 4.69) is 0 Å². The van der Waals surface area contributed by atoms with E-state index < -0.39 is 33.3 Å². The van der Waals surface area contributed by atoms with Gasteiger partial charge in [-0.3, -0.25) is 4.72 Å². The molecule has 0 aliphatic carbocycles.